The SMILES string of the molecule is Cc1nn(-c2ccccc2)c2ncc(NC(=O)c3ccc(F)cc3F)cc12. The lowest BCUT2D eigenvalue weighted by Crippen LogP contribution is -2.14. The summed E-state index contributed by atoms with van der Waals surface area (Å²) in [5.74, 6) is -2.34. The normalized spacial score (nSPS) is 10.9. The van der Waals surface area contributed by atoms with Crippen LogP contribution in [0, 0.1) is 18.6 Å². The van der Waals surface area contributed by atoms with Crippen LogP contribution in [0.2, 0.25) is 0 Å². The molecule has 2 heterocycles. The lowest BCUT2D eigenvalue weighted by atomic mass is 10.2. The van der Waals surface area contributed by atoms with Gasteiger partial charge >= 0.3 is 0 Å². The quantitative estimate of drug-likeness (QED) is 0.591. The number of hydrogen-bond acceptors (Lipinski definition) is 3. The largest absolute Gasteiger partial charge is 0.320 e. The predicted octanol–water partition coefficient (Wildman–Crippen LogP) is 4.26. The van der Waals surface area contributed by atoms with E-state index >= 15 is 0 Å². The number of amides is 1. The van der Waals surface area contributed by atoms with Gasteiger partial charge in [-0.2, -0.15) is 5.10 Å². The Bertz CT molecular complexity index is 1160. The Labute approximate surface area is 153 Å². The van der Waals surface area contributed by atoms with E-state index in [-0.39, 0.29) is 5.56 Å². The number of rotatable bonds is 3. The summed E-state index contributed by atoms with van der Waals surface area (Å²) in [7, 11) is 0. The molecule has 0 saturated carbocycles. The maximum Gasteiger partial charge on any atom is 0.258 e. The molecule has 0 aliphatic rings. The zero-order valence-electron chi connectivity index (χ0n) is 14.3. The van der Waals surface area contributed by atoms with Crippen LogP contribution in [0.1, 0.15) is 16.1 Å². The third kappa shape index (κ3) is 3.15. The molecule has 2 aromatic heterocycles. The minimum absolute atomic E-state index is 0.242. The second-order valence-electron chi connectivity index (χ2n) is 6.01. The molecule has 5 nitrogen and oxygen atoms in total. The molecule has 134 valence electrons. The Morgan fingerprint density at radius 3 is 2.59 bits per heavy atom. The van der Waals surface area contributed by atoms with Crippen LogP contribution in [-0.2, 0) is 0 Å². The molecule has 27 heavy (non-hydrogen) atoms. The fraction of sp³-hybridized carbons (Fsp3) is 0.0500. The molecule has 1 N–H and O–H groups in total. The van der Waals surface area contributed by atoms with Crippen molar-refractivity contribution in [3.63, 3.8) is 0 Å². The van der Waals surface area contributed by atoms with Gasteiger partial charge in [0.2, 0.25) is 0 Å². The summed E-state index contributed by atoms with van der Waals surface area (Å²) in [6.07, 6.45) is 1.47. The van der Waals surface area contributed by atoms with E-state index in [1.807, 2.05) is 37.3 Å². The fourth-order valence-electron chi connectivity index (χ4n) is 2.83. The van der Waals surface area contributed by atoms with Gasteiger partial charge in [-0.3, -0.25) is 4.79 Å². The van der Waals surface area contributed by atoms with Gasteiger partial charge < -0.3 is 5.32 Å². The molecule has 0 aliphatic heterocycles. The molecule has 0 fully saturated rings. The number of halogens is 2. The van der Waals surface area contributed by atoms with Crippen molar-refractivity contribution in [1.82, 2.24) is 14.8 Å². The Kier molecular flexibility index (Phi) is 4.12. The molecule has 4 aromatic rings. The van der Waals surface area contributed by atoms with Gasteiger partial charge in [-0.1, -0.05) is 18.2 Å². The average molecular weight is 364 g/mol. The number of fused-ring (bicyclic) bond motifs is 1. The third-order valence-corrected chi connectivity index (χ3v) is 4.14. The third-order valence-electron chi connectivity index (χ3n) is 4.14. The van der Waals surface area contributed by atoms with E-state index in [0.29, 0.717) is 17.4 Å². The lowest BCUT2D eigenvalue weighted by Gasteiger charge is -2.07. The van der Waals surface area contributed by atoms with Gasteiger partial charge in [0.05, 0.1) is 28.8 Å². The summed E-state index contributed by atoms with van der Waals surface area (Å²) in [6.45, 7) is 1.84. The van der Waals surface area contributed by atoms with Gasteiger partial charge in [0.15, 0.2) is 5.65 Å². The van der Waals surface area contributed by atoms with Crippen molar-refractivity contribution in [1.29, 1.82) is 0 Å². The van der Waals surface area contributed by atoms with Gasteiger partial charge in [-0.05, 0) is 37.3 Å². The molecule has 0 bridgehead atoms. The molecule has 0 aliphatic carbocycles. The number of para-hydroxylation sites is 1. The highest BCUT2D eigenvalue weighted by molar-refractivity contribution is 6.05. The second kappa shape index (κ2) is 6.60. The molecule has 0 radical (unpaired) electrons. The highest BCUT2D eigenvalue weighted by Gasteiger charge is 2.15. The van der Waals surface area contributed by atoms with Crippen LogP contribution in [0.15, 0.2) is 60.8 Å². The zero-order valence-corrected chi connectivity index (χ0v) is 14.3. The molecule has 4 rings (SSSR count). The number of nitrogens with zero attached hydrogens (tertiary/aromatic N) is 3. The Hall–Kier alpha value is -3.61. The van der Waals surface area contributed by atoms with E-state index in [9.17, 15) is 13.6 Å². The number of carbonyl (C=O) groups is 1. The second-order valence-corrected chi connectivity index (χ2v) is 6.01. The summed E-state index contributed by atoms with van der Waals surface area (Å²) in [6, 6.07) is 14.1. The van der Waals surface area contributed by atoms with E-state index in [4.69, 9.17) is 0 Å². The van der Waals surface area contributed by atoms with E-state index in [2.05, 4.69) is 15.4 Å². The number of benzene rings is 2. The first-order valence-electron chi connectivity index (χ1n) is 8.20. The van der Waals surface area contributed by atoms with Gasteiger partial charge in [0.25, 0.3) is 5.91 Å². The van der Waals surface area contributed by atoms with Gasteiger partial charge in [0.1, 0.15) is 11.6 Å². The molecule has 0 spiro atoms. The van der Waals surface area contributed by atoms with Gasteiger partial charge in [-0.25, -0.2) is 18.4 Å². The van der Waals surface area contributed by atoms with E-state index in [1.165, 1.54) is 6.20 Å². The van der Waals surface area contributed by atoms with Crippen LogP contribution in [-0.4, -0.2) is 20.7 Å². The smallest absolute Gasteiger partial charge is 0.258 e. The van der Waals surface area contributed by atoms with E-state index in [1.54, 1.807) is 10.7 Å². The fourth-order valence-corrected chi connectivity index (χ4v) is 2.83. The number of anilines is 1. The van der Waals surface area contributed by atoms with Crippen molar-refractivity contribution in [2.24, 2.45) is 0 Å². The average Bonchev–Trinajstić information content (AvgIpc) is 2.99. The van der Waals surface area contributed by atoms with Gasteiger partial charge in [-0.15, -0.1) is 0 Å². The topological polar surface area (TPSA) is 59.8 Å². The summed E-state index contributed by atoms with van der Waals surface area (Å²) < 4.78 is 28.5. The number of carbonyl (C=O) groups excluding carboxylic acids is 1. The van der Waals surface area contributed by atoms with Crippen LogP contribution in [0.25, 0.3) is 16.7 Å². The maximum absolute atomic E-state index is 13.8. The number of aromatic nitrogens is 3. The predicted molar refractivity (Wildman–Crippen MR) is 97.9 cm³/mol. The monoisotopic (exact) mass is 364 g/mol. The van der Waals surface area contributed by atoms with E-state index in [0.717, 1.165) is 28.9 Å². The molecule has 0 unspecified atom stereocenters. The summed E-state index contributed by atoms with van der Waals surface area (Å²) >= 11 is 0. The first kappa shape index (κ1) is 16.8. The molecule has 7 heteroatoms. The Morgan fingerprint density at radius 1 is 1.07 bits per heavy atom. The summed E-state index contributed by atoms with van der Waals surface area (Å²) in [5, 5.41) is 7.85. The highest BCUT2D eigenvalue weighted by atomic mass is 19.1. The standard InChI is InChI=1S/C20H14F2N4O/c1-12-17-10-14(24-20(27)16-8-7-13(21)9-18(16)22)11-23-19(17)26(25-12)15-5-3-2-4-6-15/h2-11H,1H3,(H,24,27). The number of hydrogen-bond donors (Lipinski definition) is 1. The summed E-state index contributed by atoms with van der Waals surface area (Å²) in [5.41, 5.74) is 2.41. The molecular weight excluding hydrogens is 350 g/mol. The molecule has 0 atom stereocenters. The van der Waals surface area contributed by atoms with Crippen LogP contribution in [0.3, 0.4) is 0 Å². The van der Waals surface area contributed by atoms with Crippen molar-refractivity contribution >= 4 is 22.6 Å². The van der Waals surface area contributed by atoms with Crippen molar-refractivity contribution in [3.05, 3.63) is 83.7 Å². The van der Waals surface area contributed by atoms with Crippen molar-refractivity contribution in [2.75, 3.05) is 5.32 Å². The van der Waals surface area contributed by atoms with Crippen molar-refractivity contribution < 1.29 is 13.6 Å². The maximum atomic E-state index is 13.8. The first-order chi connectivity index (χ1) is 13.0. The minimum Gasteiger partial charge on any atom is -0.320 e. The van der Waals surface area contributed by atoms with Crippen LogP contribution < -0.4 is 5.32 Å². The molecule has 0 saturated heterocycles. The number of nitrogens with one attached hydrogen (secondary N) is 1. The molecule has 1 amide bonds. The van der Waals surface area contributed by atoms with Crippen LogP contribution >= 0.6 is 0 Å². The van der Waals surface area contributed by atoms with E-state index < -0.39 is 17.5 Å². The lowest BCUT2D eigenvalue weighted by molar-refractivity contribution is 0.102. The number of pyridine rings is 1. The molecule has 2 aromatic carbocycles. The van der Waals surface area contributed by atoms with Crippen LogP contribution in [0.4, 0.5) is 14.5 Å². The number of aryl methyl sites for hydroxylation is 1. The Morgan fingerprint density at radius 2 is 1.85 bits per heavy atom. The van der Waals surface area contributed by atoms with Crippen molar-refractivity contribution in [2.45, 2.75) is 6.92 Å². The minimum atomic E-state index is -0.922. The van der Waals surface area contributed by atoms with Crippen molar-refractivity contribution in [3.8, 4) is 5.69 Å². The Balaban J connectivity index is 1.68. The highest BCUT2D eigenvalue weighted by Crippen LogP contribution is 2.23. The van der Waals surface area contributed by atoms with Gasteiger partial charge in [0, 0.05) is 11.5 Å². The van der Waals surface area contributed by atoms with Crippen LogP contribution in [0.5, 0.6) is 0 Å². The summed E-state index contributed by atoms with van der Waals surface area (Å²) in [4.78, 5) is 16.7. The first-order valence-corrected chi connectivity index (χ1v) is 8.20. The zero-order chi connectivity index (χ0) is 19.0. The molecular formula is C20H14F2N4O.